The Bertz CT molecular complexity index is 1300. The largest absolute Gasteiger partial charge is 0.322 e. The van der Waals surface area contributed by atoms with Crippen molar-refractivity contribution >= 4 is 33.4 Å². The van der Waals surface area contributed by atoms with Crippen LogP contribution in [-0.2, 0) is 15.8 Å². The summed E-state index contributed by atoms with van der Waals surface area (Å²) in [5, 5.41) is 2.98. The highest BCUT2D eigenvalue weighted by molar-refractivity contribution is 7.98. The third kappa shape index (κ3) is 6.15. The Morgan fingerprint density at radius 3 is 2.37 bits per heavy atom. The van der Waals surface area contributed by atoms with Crippen LogP contribution in [0.1, 0.15) is 46.8 Å². The molecule has 1 aliphatic heterocycles. The van der Waals surface area contributed by atoms with Gasteiger partial charge in [-0.3, -0.25) is 4.79 Å². The summed E-state index contributed by atoms with van der Waals surface area (Å²) in [6.07, 6.45) is 1.72. The second-order valence-electron chi connectivity index (χ2n) is 9.27. The molecule has 1 saturated heterocycles. The molecule has 1 heterocycles. The number of nitrogens with zero attached hydrogens (tertiary/aromatic N) is 1. The number of anilines is 1. The number of carbonyl (C=O) groups excluding carboxylic acids is 1. The summed E-state index contributed by atoms with van der Waals surface area (Å²) in [4.78, 5) is 14.5. The highest BCUT2D eigenvalue weighted by Crippen LogP contribution is 2.27. The van der Waals surface area contributed by atoms with Gasteiger partial charge < -0.3 is 5.32 Å². The van der Waals surface area contributed by atoms with Crippen molar-refractivity contribution in [3.8, 4) is 0 Å². The molecule has 0 unspecified atom stereocenters. The molecule has 3 aromatic carbocycles. The number of rotatable bonds is 7. The van der Waals surface area contributed by atoms with Crippen molar-refractivity contribution in [2.45, 2.75) is 49.2 Å². The van der Waals surface area contributed by atoms with E-state index in [1.807, 2.05) is 44.2 Å². The van der Waals surface area contributed by atoms with E-state index in [1.165, 1.54) is 20.8 Å². The second kappa shape index (κ2) is 11.0. The summed E-state index contributed by atoms with van der Waals surface area (Å²) in [5.41, 5.74) is 3.98. The van der Waals surface area contributed by atoms with Gasteiger partial charge in [0.1, 0.15) is 0 Å². The number of hydrogen-bond acceptors (Lipinski definition) is 4. The lowest BCUT2D eigenvalue weighted by Crippen LogP contribution is -2.38. The molecule has 1 N–H and O–H groups in total. The zero-order valence-corrected chi connectivity index (χ0v) is 22.1. The first-order valence-corrected chi connectivity index (χ1v) is 14.4. The minimum Gasteiger partial charge on any atom is -0.322 e. The highest BCUT2D eigenvalue weighted by atomic mass is 32.2. The molecule has 7 heteroatoms. The zero-order chi connectivity index (χ0) is 25.0. The van der Waals surface area contributed by atoms with Crippen LogP contribution in [0.3, 0.4) is 0 Å². The van der Waals surface area contributed by atoms with E-state index in [4.69, 9.17) is 0 Å². The molecule has 0 bridgehead atoms. The van der Waals surface area contributed by atoms with Gasteiger partial charge in [-0.1, -0.05) is 43.3 Å². The quantitative estimate of drug-likeness (QED) is 0.382. The normalized spacial score (nSPS) is 15.2. The van der Waals surface area contributed by atoms with E-state index in [2.05, 4.69) is 30.4 Å². The number of thioether (sulfide) groups is 1. The molecule has 1 fully saturated rings. The third-order valence-corrected chi connectivity index (χ3v) is 9.50. The van der Waals surface area contributed by atoms with Crippen molar-refractivity contribution in [1.29, 1.82) is 0 Å². The maximum atomic E-state index is 13.2. The Hall–Kier alpha value is -2.61. The molecule has 35 heavy (non-hydrogen) atoms. The Balaban J connectivity index is 1.47. The number of nitrogens with one attached hydrogen (secondary N) is 1. The number of benzene rings is 3. The van der Waals surface area contributed by atoms with Crippen LogP contribution in [0.2, 0.25) is 0 Å². The van der Waals surface area contributed by atoms with Crippen LogP contribution in [0, 0.1) is 19.8 Å². The van der Waals surface area contributed by atoms with E-state index in [1.54, 1.807) is 23.9 Å². The molecule has 0 spiro atoms. The van der Waals surface area contributed by atoms with E-state index < -0.39 is 10.0 Å². The Morgan fingerprint density at radius 2 is 1.69 bits per heavy atom. The van der Waals surface area contributed by atoms with E-state index in [-0.39, 0.29) is 10.8 Å². The molecular weight excluding hydrogens is 476 g/mol. The molecule has 4 rings (SSSR count). The average Bonchev–Trinajstić information content (AvgIpc) is 2.85. The van der Waals surface area contributed by atoms with Gasteiger partial charge in [-0.2, -0.15) is 4.31 Å². The van der Waals surface area contributed by atoms with E-state index in [0.29, 0.717) is 24.6 Å². The first kappa shape index (κ1) is 25.5. The monoisotopic (exact) mass is 508 g/mol. The minimum atomic E-state index is -3.62. The van der Waals surface area contributed by atoms with Crippen LogP contribution in [0.5, 0.6) is 0 Å². The second-order valence-corrected chi connectivity index (χ2v) is 12.3. The predicted octanol–water partition coefficient (Wildman–Crippen LogP) is 6.27. The van der Waals surface area contributed by atoms with Gasteiger partial charge in [-0.25, -0.2) is 8.42 Å². The predicted molar refractivity (Wildman–Crippen MR) is 143 cm³/mol. The van der Waals surface area contributed by atoms with Crippen LogP contribution in [0.15, 0.2) is 76.5 Å². The number of sulfonamides is 1. The lowest BCUT2D eigenvalue weighted by Gasteiger charge is -2.29. The Morgan fingerprint density at radius 1 is 0.971 bits per heavy atom. The maximum Gasteiger partial charge on any atom is 0.255 e. The first-order valence-electron chi connectivity index (χ1n) is 11.9. The fourth-order valence-electron chi connectivity index (χ4n) is 4.21. The molecule has 0 radical (unpaired) electrons. The molecule has 1 amide bonds. The summed E-state index contributed by atoms with van der Waals surface area (Å²) < 4.78 is 27.9. The Labute approximate surface area is 213 Å². The fourth-order valence-corrected chi connectivity index (χ4v) is 6.57. The molecule has 3 aromatic rings. The molecular formula is C28H32N2O3S2. The molecule has 0 aliphatic carbocycles. The van der Waals surface area contributed by atoms with Crippen molar-refractivity contribution in [3.63, 3.8) is 0 Å². The molecule has 0 saturated carbocycles. The van der Waals surface area contributed by atoms with Gasteiger partial charge >= 0.3 is 0 Å². The van der Waals surface area contributed by atoms with Crippen molar-refractivity contribution in [3.05, 3.63) is 89.0 Å². The topological polar surface area (TPSA) is 66.5 Å². The summed E-state index contributed by atoms with van der Waals surface area (Å²) in [5.74, 6) is 1.07. The molecule has 5 nitrogen and oxygen atoms in total. The van der Waals surface area contributed by atoms with Crippen LogP contribution < -0.4 is 5.32 Å². The third-order valence-electron chi connectivity index (χ3n) is 6.52. The van der Waals surface area contributed by atoms with Gasteiger partial charge in [-0.05, 0) is 79.6 Å². The number of carbonyl (C=O) groups is 1. The summed E-state index contributed by atoms with van der Waals surface area (Å²) >= 11 is 1.77. The average molecular weight is 509 g/mol. The van der Waals surface area contributed by atoms with Crippen LogP contribution in [0.4, 0.5) is 5.69 Å². The van der Waals surface area contributed by atoms with Crippen LogP contribution >= 0.6 is 11.8 Å². The molecule has 1 aliphatic rings. The number of aryl methyl sites for hydroxylation is 2. The Kier molecular flexibility index (Phi) is 7.99. The van der Waals surface area contributed by atoms with Crippen molar-refractivity contribution in [2.75, 3.05) is 18.4 Å². The van der Waals surface area contributed by atoms with Crippen LogP contribution in [0.25, 0.3) is 0 Å². The molecule has 0 atom stereocenters. The van der Waals surface area contributed by atoms with Gasteiger partial charge in [0.2, 0.25) is 10.0 Å². The van der Waals surface area contributed by atoms with E-state index >= 15 is 0 Å². The van der Waals surface area contributed by atoms with Crippen LogP contribution in [-0.4, -0.2) is 31.7 Å². The number of piperidine rings is 1. The molecule has 0 aromatic heterocycles. The smallest absolute Gasteiger partial charge is 0.255 e. The lowest BCUT2D eigenvalue weighted by atomic mass is 10.0. The first-order chi connectivity index (χ1) is 16.7. The summed E-state index contributed by atoms with van der Waals surface area (Å²) in [7, 11) is -3.62. The van der Waals surface area contributed by atoms with Crippen molar-refractivity contribution in [2.24, 2.45) is 5.92 Å². The maximum absolute atomic E-state index is 13.2. The standard InChI is InChI=1S/C28H32N2O3S2/c1-20-13-15-30(16-14-20)35(32,33)25-11-9-21(2)26(18-25)28(31)29-27-12-10-23(17-22(27)3)19-34-24-7-5-4-6-8-24/h4-12,17-18,20H,13-16,19H2,1-3H3,(H,29,31). The van der Waals surface area contributed by atoms with Gasteiger partial charge in [-0.15, -0.1) is 11.8 Å². The van der Waals surface area contributed by atoms with Gasteiger partial charge in [0.05, 0.1) is 4.90 Å². The van der Waals surface area contributed by atoms with E-state index in [9.17, 15) is 13.2 Å². The van der Waals surface area contributed by atoms with Gasteiger partial charge in [0.15, 0.2) is 0 Å². The number of hydrogen-bond donors (Lipinski definition) is 1. The lowest BCUT2D eigenvalue weighted by molar-refractivity contribution is 0.102. The zero-order valence-electron chi connectivity index (χ0n) is 20.5. The summed E-state index contributed by atoms with van der Waals surface area (Å²) in [6, 6.07) is 21.1. The van der Waals surface area contributed by atoms with Crippen molar-refractivity contribution < 1.29 is 13.2 Å². The molecule has 184 valence electrons. The van der Waals surface area contributed by atoms with E-state index in [0.717, 1.165) is 35.4 Å². The highest BCUT2D eigenvalue weighted by Gasteiger charge is 2.29. The van der Waals surface area contributed by atoms with Gasteiger partial charge in [0, 0.05) is 35.0 Å². The fraction of sp³-hybridized carbons (Fsp3) is 0.321. The SMILES string of the molecule is Cc1cc(CSc2ccccc2)ccc1NC(=O)c1cc(S(=O)(=O)N2CCC(C)CC2)ccc1C. The van der Waals surface area contributed by atoms with Gasteiger partial charge in [0.25, 0.3) is 5.91 Å². The summed E-state index contributed by atoms with van der Waals surface area (Å²) in [6.45, 7) is 6.98. The van der Waals surface area contributed by atoms with Crippen molar-refractivity contribution in [1.82, 2.24) is 4.31 Å². The minimum absolute atomic E-state index is 0.174. The number of amides is 1.